The van der Waals surface area contributed by atoms with E-state index in [2.05, 4.69) is 38.1 Å². The summed E-state index contributed by atoms with van der Waals surface area (Å²) < 4.78 is 0. The number of nitrogens with zero attached hydrogens (tertiary/aromatic N) is 1. The van der Waals surface area contributed by atoms with Gasteiger partial charge in [0.1, 0.15) is 0 Å². The second-order valence-corrected chi connectivity index (χ2v) is 4.97. The minimum atomic E-state index is 0.385. The number of nitrogen functional groups attached to an aromatic ring is 1. The van der Waals surface area contributed by atoms with Crippen LogP contribution in [0.25, 0.3) is 21.7 Å². The molecule has 1 aromatic heterocycles. The average Bonchev–Trinajstić information content (AvgIpc) is 2.38. The number of rotatable bonds is 1. The average molecular weight is 236 g/mol. The summed E-state index contributed by atoms with van der Waals surface area (Å²) in [6, 6.07) is 14.4. The number of pyridine rings is 1. The topological polar surface area (TPSA) is 38.9 Å². The van der Waals surface area contributed by atoms with Crippen molar-refractivity contribution in [3.8, 4) is 0 Å². The lowest BCUT2D eigenvalue weighted by Crippen LogP contribution is -1.97. The maximum Gasteiger partial charge on any atom is 0.0804 e. The first-order valence-corrected chi connectivity index (χ1v) is 6.24. The van der Waals surface area contributed by atoms with E-state index < -0.39 is 0 Å². The number of nitrogens with two attached hydrogens (primary N) is 1. The predicted molar refractivity (Wildman–Crippen MR) is 77.8 cm³/mol. The second-order valence-electron chi connectivity index (χ2n) is 4.97. The summed E-state index contributed by atoms with van der Waals surface area (Å²) in [5.74, 6) is 0.385. The Morgan fingerprint density at radius 1 is 1.00 bits per heavy atom. The smallest absolute Gasteiger partial charge is 0.0804 e. The minimum Gasteiger partial charge on any atom is -0.398 e. The summed E-state index contributed by atoms with van der Waals surface area (Å²) in [7, 11) is 0. The van der Waals surface area contributed by atoms with Gasteiger partial charge < -0.3 is 5.73 Å². The molecule has 90 valence electrons. The van der Waals surface area contributed by atoms with Crippen LogP contribution in [-0.4, -0.2) is 4.98 Å². The Hall–Kier alpha value is -2.09. The third-order valence-corrected chi connectivity index (χ3v) is 3.35. The van der Waals surface area contributed by atoms with Crippen molar-refractivity contribution in [2.24, 2.45) is 0 Å². The van der Waals surface area contributed by atoms with Crippen LogP contribution in [0.15, 0.2) is 42.5 Å². The van der Waals surface area contributed by atoms with Crippen LogP contribution in [0.1, 0.15) is 25.5 Å². The van der Waals surface area contributed by atoms with Crippen molar-refractivity contribution in [3.05, 3.63) is 48.2 Å². The van der Waals surface area contributed by atoms with E-state index in [1.54, 1.807) is 0 Å². The molecule has 0 fully saturated rings. The van der Waals surface area contributed by atoms with Crippen LogP contribution < -0.4 is 5.73 Å². The van der Waals surface area contributed by atoms with E-state index in [1.165, 1.54) is 10.8 Å². The molecule has 0 amide bonds. The Labute approximate surface area is 106 Å². The number of aromatic nitrogens is 1. The van der Waals surface area contributed by atoms with Crippen LogP contribution >= 0.6 is 0 Å². The van der Waals surface area contributed by atoms with E-state index in [0.717, 1.165) is 22.3 Å². The Balaban J connectivity index is 2.48. The zero-order valence-corrected chi connectivity index (χ0v) is 10.6. The fourth-order valence-electron chi connectivity index (χ4n) is 2.30. The molecule has 0 atom stereocenters. The molecular weight excluding hydrogens is 220 g/mol. The normalized spacial score (nSPS) is 11.5. The Morgan fingerprint density at radius 2 is 1.78 bits per heavy atom. The standard InChI is InChI=1S/C16H16N2/c1-10(2)15-9-14(17)13-8-7-11-5-3-4-6-12(11)16(13)18-15/h3-10H,1-2H3,(H2,17,18). The van der Waals surface area contributed by atoms with Crippen molar-refractivity contribution >= 4 is 27.4 Å². The molecule has 2 nitrogen and oxygen atoms in total. The summed E-state index contributed by atoms with van der Waals surface area (Å²) >= 11 is 0. The number of hydrogen-bond donors (Lipinski definition) is 1. The number of benzene rings is 2. The van der Waals surface area contributed by atoms with Gasteiger partial charge in [0.25, 0.3) is 0 Å². The molecule has 3 rings (SSSR count). The van der Waals surface area contributed by atoms with Crippen molar-refractivity contribution in [1.29, 1.82) is 0 Å². The van der Waals surface area contributed by atoms with Crippen molar-refractivity contribution in [1.82, 2.24) is 4.98 Å². The fourth-order valence-corrected chi connectivity index (χ4v) is 2.30. The molecule has 0 radical (unpaired) electrons. The predicted octanol–water partition coefficient (Wildman–Crippen LogP) is 4.09. The zero-order valence-electron chi connectivity index (χ0n) is 10.6. The Bertz CT molecular complexity index is 730. The second kappa shape index (κ2) is 3.98. The largest absolute Gasteiger partial charge is 0.398 e. The van der Waals surface area contributed by atoms with E-state index in [0.29, 0.717) is 5.92 Å². The van der Waals surface area contributed by atoms with Gasteiger partial charge in [-0.2, -0.15) is 0 Å². The van der Waals surface area contributed by atoms with Crippen molar-refractivity contribution in [3.63, 3.8) is 0 Å². The molecule has 0 unspecified atom stereocenters. The highest BCUT2D eigenvalue weighted by molar-refractivity contribution is 6.08. The van der Waals surface area contributed by atoms with Crippen LogP contribution in [0, 0.1) is 0 Å². The van der Waals surface area contributed by atoms with E-state index in [4.69, 9.17) is 10.7 Å². The number of fused-ring (bicyclic) bond motifs is 3. The van der Waals surface area contributed by atoms with Crippen LogP contribution in [0.5, 0.6) is 0 Å². The lowest BCUT2D eigenvalue weighted by atomic mass is 10.0. The maximum atomic E-state index is 6.15. The van der Waals surface area contributed by atoms with Gasteiger partial charge in [-0.1, -0.05) is 50.2 Å². The monoisotopic (exact) mass is 236 g/mol. The molecule has 3 aromatic rings. The van der Waals surface area contributed by atoms with E-state index in [9.17, 15) is 0 Å². The molecule has 1 heterocycles. The molecule has 0 aliphatic heterocycles. The molecule has 0 bridgehead atoms. The van der Waals surface area contributed by atoms with Gasteiger partial charge in [0.15, 0.2) is 0 Å². The van der Waals surface area contributed by atoms with Gasteiger partial charge in [-0.15, -0.1) is 0 Å². The Morgan fingerprint density at radius 3 is 2.56 bits per heavy atom. The lowest BCUT2D eigenvalue weighted by molar-refractivity contribution is 0.831. The maximum absolute atomic E-state index is 6.15. The van der Waals surface area contributed by atoms with Crippen LogP contribution in [0.4, 0.5) is 5.69 Å². The van der Waals surface area contributed by atoms with Crippen LogP contribution in [0.3, 0.4) is 0 Å². The molecule has 0 aliphatic carbocycles. The van der Waals surface area contributed by atoms with Crippen molar-refractivity contribution < 1.29 is 0 Å². The van der Waals surface area contributed by atoms with Crippen LogP contribution in [-0.2, 0) is 0 Å². The van der Waals surface area contributed by atoms with Gasteiger partial charge in [0, 0.05) is 22.2 Å². The molecule has 0 saturated carbocycles. The zero-order chi connectivity index (χ0) is 12.7. The van der Waals surface area contributed by atoms with Gasteiger partial charge in [0.05, 0.1) is 5.52 Å². The van der Waals surface area contributed by atoms with Crippen molar-refractivity contribution in [2.45, 2.75) is 19.8 Å². The first-order chi connectivity index (χ1) is 8.66. The molecular formula is C16H16N2. The lowest BCUT2D eigenvalue weighted by Gasteiger charge is -2.10. The molecule has 2 heteroatoms. The summed E-state index contributed by atoms with van der Waals surface area (Å²) in [4.78, 5) is 4.78. The van der Waals surface area contributed by atoms with Crippen LogP contribution in [0.2, 0.25) is 0 Å². The number of anilines is 1. The first-order valence-electron chi connectivity index (χ1n) is 6.24. The highest BCUT2D eigenvalue weighted by Gasteiger charge is 2.08. The Kier molecular flexibility index (Phi) is 2.44. The van der Waals surface area contributed by atoms with E-state index >= 15 is 0 Å². The molecule has 2 N–H and O–H groups in total. The van der Waals surface area contributed by atoms with E-state index in [1.807, 2.05) is 18.2 Å². The minimum absolute atomic E-state index is 0.385. The summed E-state index contributed by atoms with van der Waals surface area (Å²) in [5, 5.41) is 3.42. The molecule has 18 heavy (non-hydrogen) atoms. The summed E-state index contributed by atoms with van der Waals surface area (Å²) in [6.07, 6.45) is 0. The quantitative estimate of drug-likeness (QED) is 0.646. The van der Waals surface area contributed by atoms with E-state index in [-0.39, 0.29) is 0 Å². The number of hydrogen-bond acceptors (Lipinski definition) is 2. The fraction of sp³-hybridized carbons (Fsp3) is 0.188. The van der Waals surface area contributed by atoms with Crippen molar-refractivity contribution in [2.75, 3.05) is 5.73 Å². The summed E-state index contributed by atoms with van der Waals surface area (Å²) in [6.45, 7) is 4.28. The first kappa shape index (κ1) is 11.0. The van der Waals surface area contributed by atoms with Gasteiger partial charge in [-0.05, 0) is 17.4 Å². The van der Waals surface area contributed by atoms with Gasteiger partial charge in [-0.25, -0.2) is 0 Å². The van der Waals surface area contributed by atoms with Gasteiger partial charge in [-0.3, -0.25) is 4.98 Å². The third-order valence-electron chi connectivity index (χ3n) is 3.35. The highest BCUT2D eigenvalue weighted by Crippen LogP contribution is 2.29. The molecule has 0 saturated heterocycles. The molecule has 2 aromatic carbocycles. The highest BCUT2D eigenvalue weighted by atomic mass is 14.7. The SMILES string of the molecule is CC(C)c1cc(N)c2ccc3ccccc3c2n1. The molecule has 0 spiro atoms. The molecule has 0 aliphatic rings. The third kappa shape index (κ3) is 1.61. The van der Waals surface area contributed by atoms with Gasteiger partial charge >= 0.3 is 0 Å². The summed E-state index contributed by atoms with van der Waals surface area (Å²) in [5.41, 5.74) is 9.02. The van der Waals surface area contributed by atoms with Gasteiger partial charge in [0.2, 0.25) is 0 Å².